The minimum absolute atomic E-state index is 0.0676. The lowest BCUT2D eigenvalue weighted by Gasteiger charge is -2.09. The van der Waals surface area contributed by atoms with Gasteiger partial charge in [-0.1, -0.05) is 59.6 Å². The Balaban J connectivity index is 2.40. The van der Waals surface area contributed by atoms with Crippen LogP contribution in [0.25, 0.3) is 0 Å². The van der Waals surface area contributed by atoms with Crippen LogP contribution in [0.2, 0.25) is 10.0 Å². The molecule has 2 aromatic carbocycles. The number of ketones is 2. The van der Waals surface area contributed by atoms with Crippen LogP contribution < -0.4 is 0 Å². The standard InChI is InChI=1S/C16H9Cl2NO2/c17-12-7-4-8-13(18)14(12)16(21)15(20)11(9-19)10-5-2-1-3-6-10/h1-8,11H/t11-/m0/s1. The molecule has 0 radical (unpaired) electrons. The molecule has 3 nitrogen and oxygen atoms in total. The molecule has 0 aliphatic rings. The second kappa shape index (κ2) is 6.53. The quantitative estimate of drug-likeness (QED) is 0.631. The third-order valence-electron chi connectivity index (χ3n) is 2.94. The van der Waals surface area contributed by atoms with Crippen molar-refractivity contribution >= 4 is 34.8 Å². The molecule has 0 aliphatic carbocycles. The SMILES string of the molecule is N#C[C@H](C(=O)C(=O)c1c(Cl)cccc1Cl)c1ccccc1. The lowest BCUT2D eigenvalue weighted by Crippen LogP contribution is -2.22. The van der Waals surface area contributed by atoms with Crippen molar-refractivity contribution in [3.63, 3.8) is 0 Å². The highest BCUT2D eigenvalue weighted by Crippen LogP contribution is 2.27. The minimum Gasteiger partial charge on any atom is -0.289 e. The first kappa shape index (κ1) is 15.2. The normalized spacial score (nSPS) is 11.5. The molecule has 2 aromatic rings. The van der Waals surface area contributed by atoms with E-state index in [1.807, 2.05) is 6.07 Å². The highest BCUT2D eigenvalue weighted by atomic mass is 35.5. The first-order valence-electron chi connectivity index (χ1n) is 6.03. The maximum absolute atomic E-state index is 12.3. The lowest BCUT2D eigenvalue weighted by molar-refractivity contribution is -0.115. The van der Waals surface area contributed by atoms with Crippen molar-refractivity contribution in [3.05, 3.63) is 69.7 Å². The molecule has 0 aromatic heterocycles. The van der Waals surface area contributed by atoms with Crippen LogP contribution in [0.4, 0.5) is 0 Å². The van der Waals surface area contributed by atoms with Crippen LogP contribution in [0.5, 0.6) is 0 Å². The van der Waals surface area contributed by atoms with E-state index < -0.39 is 17.5 Å². The van der Waals surface area contributed by atoms with Crippen LogP contribution in [-0.2, 0) is 4.79 Å². The maximum Gasteiger partial charge on any atom is 0.233 e. The number of hydrogen-bond donors (Lipinski definition) is 0. The fourth-order valence-corrected chi connectivity index (χ4v) is 2.47. The Labute approximate surface area is 131 Å². The van der Waals surface area contributed by atoms with Crippen LogP contribution >= 0.6 is 23.2 Å². The van der Waals surface area contributed by atoms with E-state index >= 15 is 0 Å². The summed E-state index contributed by atoms with van der Waals surface area (Å²) in [7, 11) is 0. The molecule has 0 heterocycles. The van der Waals surface area contributed by atoms with Gasteiger partial charge < -0.3 is 0 Å². The third-order valence-corrected chi connectivity index (χ3v) is 3.57. The molecular formula is C16H9Cl2NO2. The van der Waals surface area contributed by atoms with E-state index in [9.17, 15) is 14.9 Å². The highest BCUT2D eigenvalue weighted by Gasteiger charge is 2.30. The van der Waals surface area contributed by atoms with Gasteiger partial charge in [-0.05, 0) is 17.7 Å². The largest absolute Gasteiger partial charge is 0.289 e. The number of halogens is 2. The first-order valence-corrected chi connectivity index (χ1v) is 6.79. The maximum atomic E-state index is 12.3. The number of nitriles is 1. The van der Waals surface area contributed by atoms with Gasteiger partial charge in [-0.25, -0.2) is 0 Å². The Hall–Kier alpha value is -2.15. The average molecular weight is 318 g/mol. The monoisotopic (exact) mass is 317 g/mol. The first-order chi connectivity index (χ1) is 10.1. The van der Waals surface area contributed by atoms with Crippen molar-refractivity contribution in [1.82, 2.24) is 0 Å². The summed E-state index contributed by atoms with van der Waals surface area (Å²) in [5, 5.41) is 9.37. The zero-order chi connectivity index (χ0) is 15.4. The zero-order valence-corrected chi connectivity index (χ0v) is 12.2. The van der Waals surface area contributed by atoms with Gasteiger partial charge in [0.1, 0.15) is 5.92 Å². The fourth-order valence-electron chi connectivity index (χ4n) is 1.90. The summed E-state index contributed by atoms with van der Waals surface area (Å²) < 4.78 is 0. The highest BCUT2D eigenvalue weighted by molar-refractivity contribution is 6.52. The second-order valence-electron chi connectivity index (χ2n) is 4.26. The van der Waals surface area contributed by atoms with E-state index in [0.29, 0.717) is 5.56 Å². The number of nitrogens with zero attached hydrogens (tertiary/aromatic N) is 1. The van der Waals surface area contributed by atoms with Crippen molar-refractivity contribution in [2.24, 2.45) is 0 Å². The Morgan fingerprint density at radius 3 is 2.05 bits per heavy atom. The van der Waals surface area contributed by atoms with E-state index in [1.165, 1.54) is 12.1 Å². The molecule has 0 N–H and O–H groups in total. The molecule has 104 valence electrons. The summed E-state index contributed by atoms with van der Waals surface area (Å²) in [5.74, 6) is -2.88. The number of Topliss-reactive ketones (excluding diaryl/α,β-unsaturated/α-hetero) is 2. The minimum atomic E-state index is -1.17. The van der Waals surface area contributed by atoms with Gasteiger partial charge in [0.25, 0.3) is 0 Å². The molecule has 0 amide bonds. The summed E-state index contributed by atoms with van der Waals surface area (Å²) in [4.78, 5) is 24.6. The Kier molecular flexibility index (Phi) is 4.74. The van der Waals surface area contributed by atoms with Crippen molar-refractivity contribution in [3.8, 4) is 6.07 Å². The van der Waals surface area contributed by atoms with Crippen molar-refractivity contribution < 1.29 is 9.59 Å². The van der Waals surface area contributed by atoms with Crippen molar-refractivity contribution in [2.75, 3.05) is 0 Å². The molecule has 2 rings (SSSR count). The molecule has 5 heteroatoms. The van der Waals surface area contributed by atoms with E-state index in [0.717, 1.165) is 0 Å². The Morgan fingerprint density at radius 1 is 0.952 bits per heavy atom. The lowest BCUT2D eigenvalue weighted by atomic mass is 9.91. The van der Waals surface area contributed by atoms with E-state index in [2.05, 4.69) is 0 Å². The molecule has 0 fully saturated rings. The Morgan fingerprint density at radius 2 is 1.52 bits per heavy atom. The van der Waals surface area contributed by atoms with Gasteiger partial charge >= 0.3 is 0 Å². The summed E-state index contributed by atoms with van der Waals surface area (Å²) >= 11 is 11.8. The zero-order valence-electron chi connectivity index (χ0n) is 10.7. The molecular weight excluding hydrogens is 309 g/mol. The summed E-state index contributed by atoms with van der Waals surface area (Å²) in [5.41, 5.74) is 0.392. The predicted molar refractivity (Wildman–Crippen MR) is 80.6 cm³/mol. The smallest absolute Gasteiger partial charge is 0.233 e. The van der Waals surface area contributed by atoms with Gasteiger partial charge in [0.15, 0.2) is 0 Å². The van der Waals surface area contributed by atoms with E-state index in [4.69, 9.17) is 23.2 Å². The number of carbonyl (C=O) groups excluding carboxylic acids is 2. The number of carbonyl (C=O) groups is 2. The molecule has 0 saturated heterocycles. The van der Waals surface area contributed by atoms with Gasteiger partial charge in [0, 0.05) is 0 Å². The van der Waals surface area contributed by atoms with Crippen LogP contribution in [0.1, 0.15) is 21.8 Å². The van der Waals surface area contributed by atoms with Gasteiger partial charge in [0.05, 0.1) is 21.7 Å². The van der Waals surface area contributed by atoms with Gasteiger partial charge in [-0.15, -0.1) is 0 Å². The van der Waals surface area contributed by atoms with Gasteiger partial charge in [0.2, 0.25) is 11.6 Å². The topological polar surface area (TPSA) is 57.9 Å². The molecule has 21 heavy (non-hydrogen) atoms. The molecule has 0 aliphatic heterocycles. The van der Waals surface area contributed by atoms with Crippen LogP contribution in [0.3, 0.4) is 0 Å². The summed E-state index contributed by atoms with van der Waals surface area (Å²) in [6, 6.07) is 14.8. The van der Waals surface area contributed by atoms with Gasteiger partial charge in [-0.3, -0.25) is 9.59 Å². The van der Waals surface area contributed by atoms with E-state index in [-0.39, 0.29) is 15.6 Å². The van der Waals surface area contributed by atoms with Crippen LogP contribution in [-0.4, -0.2) is 11.6 Å². The average Bonchev–Trinajstić information content (AvgIpc) is 2.48. The fraction of sp³-hybridized carbons (Fsp3) is 0.0625. The molecule has 0 saturated carbocycles. The number of hydrogen-bond acceptors (Lipinski definition) is 3. The van der Waals surface area contributed by atoms with Crippen LogP contribution in [0, 0.1) is 11.3 Å². The molecule has 0 bridgehead atoms. The van der Waals surface area contributed by atoms with Crippen molar-refractivity contribution in [1.29, 1.82) is 5.26 Å². The molecule has 0 spiro atoms. The van der Waals surface area contributed by atoms with E-state index in [1.54, 1.807) is 36.4 Å². The number of rotatable bonds is 4. The third kappa shape index (κ3) is 3.13. The summed E-state index contributed by atoms with van der Waals surface area (Å²) in [6.45, 7) is 0. The summed E-state index contributed by atoms with van der Waals surface area (Å²) in [6.07, 6.45) is 0. The molecule has 0 unspecified atom stereocenters. The van der Waals surface area contributed by atoms with Gasteiger partial charge in [-0.2, -0.15) is 5.26 Å². The Bertz CT molecular complexity index is 715. The second-order valence-corrected chi connectivity index (χ2v) is 5.08. The van der Waals surface area contributed by atoms with Crippen molar-refractivity contribution in [2.45, 2.75) is 5.92 Å². The molecule has 1 atom stereocenters. The predicted octanol–water partition coefficient (Wildman–Crippen LogP) is 4.05. The number of benzene rings is 2. The van der Waals surface area contributed by atoms with Crippen LogP contribution in [0.15, 0.2) is 48.5 Å².